The summed E-state index contributed by atoms with van der Waals surface area (Å²) < 4.78 is 36.1. The largest absolute Gasteiger partial charge is 0.347 e. The van der Waals surface area contributed by atoms with Crippen LogP contribution in [-0.4, -0.2) is 19.9 Å². The zero-order valence-electron chi connectivity index (χ0n) is 11.1. The molecule has 1 aliphatic rings. The molecule has 0 spiro atoms. The molecule has 1 aromatic carbocycles. The average molecular weight is 300 g/mol. The van der Waals surface area contributed by atoms with Crippen LogP contribution in [0, 0.1) is 5.82 Å². The van der Waals surface area contributed by atoms with E-state index in [-0.39, 0.29) is 16.0 Å². The number of benzene rings is 1. The number of nitrogens with one attached hydrogen (secondary N) is 1. The van der Waals surface area contributed by atoms with Crippen LogP contribution in [0.1, 0.15) is 43.0 Å². The van der Waals surface area contributed by atoms with E-state index in [2.05, 4.69) is 5.32 Å². The van der Waals surface area contributed by atoms with Crippen molar-refractivity contribution in [2.75, 3.05) is 0 Å². The quantitative estimate of drug-likeness (QED) is 0.887. The third-order valence-corrected chi connectivity index (χ3v) is 4.55. The molecule has 0 saturated heterocycles. The van der Waals surface area contributed by atoms with Gasteiger partial charge in [0.25, 0.3) is 5.91 Å². The number of primary sulfonamides is 1. The second kappa shape index (κ2) is 5.14. The molecule has 20 heavy (non-hydrogen) atoms. The standard InChI is InChI=1S/C13H17FN2O3S/c1-13(6-2-3-7-13)16-12(17)10-5-4-9(8-11(10)14)20(15,18)19/h4-5,8H,2-3,6-7H2,1H3,(H,16,17)(H2,15,18,19). The van der Waals surface area contributed by atoms with E-state index in [0.717, 1.165) is 43.9 Å². The fraction of sp³-hybridized carbons (Fsp3) is 0.462. The summed E-state index contributed by atoms with van der Waals surface area (Å²) in [5.41, 5.74) is -0.493. The highest BCUT2D eigenvalue weighted by Crippen LogP contribution is 2.29. The zero-order chi connectivity index (χ0) is 15.0. The molecule has 0 aliphatic heterocycles. The van der Waals surface area contributed by atoms with Crippen LogP contribution in [0.15, 0.2) is 23.1 Å². The third kappa shape index (κ3) is 3.16. The summed E-state index contributed by atoms with van der Waals surface area (Å²) in [6.07, 6.45) is 3.78. The predicted octanol–water partition coefficient (Wildman–Crippen LogP) is 1.54. The van der Waals surface area contributed by atoms with Gasteiger partial charge >= 0.3 is 0 Å². The first-order chi connectivity index (χ1) is 9.21. The average Bonchev–Trinajstić information content (AvgIpc) is 2.74. The minimum Gasteiger partial charge on any atom is -0.347 e. The van der Waals surface area contributed by atoms with E-state index in [0.29, 0.717) is 0 Å². The zero-order valence-corrected chi connectivity index (χ0v) is 12.0. The maximum Gasteiger partial charge on any atom is 0.254 e. The Morgan fingerprint density at radius 1 is 1.35 bits per heavy atom. The summed E-state index contributed by atoms with van der Waals surface area (Å²) in [6, 6.07) is 3.04. The Bertz CT molecular complexity index is 637. The Balaban J connectivity index is 2.23. The highest BCUT2D eigenvalue weighted by molar-refractivity contribution is 7.89. The molecule has 0 heterocycles. The van der Waals surface area contributed by atoms with Crippen LogP contribution in [0.3, 0.4) is 0 Å². The summed E-state index contributed by atoms with van der Waals surface area (Å²) in [5, 5.41) is 7.72. The molecule has 0 aromatic heterocycles. The molecule has 1 aliphatic carbocycles. The molecule has 0 radical (unpaired) electrons. The van der Waals surface area contributed by atoms with Gasteiger partial charge in [0.2, 0.25) is 10.0 Å². The summed E-state index contributed by atoms with van der Waals surface area (Å²) in [4.78, 5) is 11.7. The molecule has 1 fully saturated rings. The molecular weight excluding hydrogens is 283 g/mol. The van der Waals surface area contributed by atoms with Gasteiger partial charge in [0.15, 0.2) is 0 Å². The Labute approximate surface area is 117 Å². The number of carbonyl (C=O) groups is 1. The molecule has 0 atom stereocenters. The van der Waals surface area contributed by atoms with Crippen LogP contribution < -0.4 is 10.5 Å². The molecule has 7 heteroatoms. The number of rotatable bonds is 3. The van der Waals surface area contributed by atoms with E-state index in [9.17, 15) is 17.6 Å². The van der Waals surface area contributed by atoms with Gasteiger partial charge in [-0.3, -0.25) is 4.79 Å². The fourth-order valence-corrected chi connectivity index (χ4v) is 3.00. The highest BCUT2D eigenvalue weighted by Gasteiger charge is 2.31. The van der Waals surface area contributed by atoms with Crippen LogP contribution in [0.25, 0.3) is 0 Å². The van der Waals surface area contributed by atoms with Crippen LogP contribution in [0.4, 0.5) is 4.39 Å². The lowest BCUT2D eigenvalue weighted by Gasteiger charge is -2.25. The molecule has 2 rings (SSSR count). The Morgan fingerprint density at radius 3 is 2.45 bits per heavy atom. The predicted molar refractivity (Wildman–Crippen MR) is 72.1 cm³/mol. The van der Waals surface area contributed by atoms with E-state index < -0.39 is 21.7 Å². The van der Waals surface area contributed by atoms with Crippen molar-refractivity contribution in [2.24, 2.45) is 5.14 Å². The van der Waals surface area contributed by atoms with Crippen LogP contribution >= 0.6 is 0 Å². The normalized spacial score (nSPS) is 17.9. The minimum absolute atomic E-state index is 0.175. The van der Waals surface area contributed by atoms with E-state index in [4.69, 9.17) is 5.14 Å². The van der Waals surface area contributed by atoms with Gasteiger partial charge in [-0.1, -0.05) is 12.8 Å². The molecule has 0 bridgehead atoms. The van der Waals surface area contributed by atoms with Crippen LogP contribution in [-0.2, 0) is 10.0 Å². The van der Waals surface area contributed by atoms with Gasteiger partial charge in [0, 0.05) is 5.54 Å². The van der Waals surface area contributed by atoms with Gasteiger partial charge in [-0.25, -0.2) is 17.9 Å². The maximum atomic E-state index is 13.8. The summed E-state index contributed by atoms with van der Waals surface area (Å²) in [6.45, 7) is 1.93. The number of hydrogen-bond donors (Lipinski definition) is 2. The van der Waals surface area contributed by atoms with Gasteiger partial charge in [-0.05, 0) is 38.0 Å². The molecule has 3 N–H and O–H groups in total. The monoisotopic (exact) mass is 300 g/mol. The number of hydrogen-bond acceptors (Lipinski definition) is 3. The van der Waals surface area contributed by atoms with E-state index in [1.807, 2.05) is 6.92 Å². The Kier molecular flexibility index (Phi) is 3.84. The van der Waals surface area contributed by atoms with Crippen molar-refractivity contribution in [3.63, 3.8) is 0 Å². The number of halogens is 1. The van der Waals surface area contributed by atoms with Crippen molar-refractivity contribution >= 4 is 15.9 Å². The van der Waals surface area contributed by atoms with E-state index in [1.165, 1.54) is 0 Å². The van der Waals surface area contributed by atoms with Crippen molar-refractivity contribution in [3.05, 3.63) is 29.6 Å². The van der Waals surface area contributed by atoms with Crippen molar-refractivity contribution in [3.8, 4) is 0 Å². The van der Waals surface area contributed by atoms with Gasteiger partial charge in [-0.15, -0.1) is 0 Å². The molecule has 1 saturated carbocycles. The lowest BCUT2D eigenvalue weighted by atomic mass is 10.00. The minimum atomic E-state index is -3.97. The Hall–Kier alpha value is -1.47. The Morgan fingerprint density at radius 2 is 1.95 bits per heavy atom. The first-order valence-corrected chi connectivity index (χ1v) is 7.91. The fourth-order valence-electron chi connectivity index (χ4n) is 2.48. The number of nitrogens with two attached hydrogens (primary N) is 1. The lowest BCUT2D eigenvalue weighted by Crippen LogP contribution is -2.43. The SMILES string of the molecule is CC1(NC(=O)c2ccc(S(N)(=O)=O)cc2F)CCCC1. The van der Waals surface area contributed by atoms with Gasteiger partial charge in [0.05, 0.1) is 10.5 Å². The summed E-state index contributed by atoms with van der Waals surface area (Å²) in [5.74, 6) is -1.43. The smallest absolute Gasteiger partial charge is 0.254 e. The van der Waals surface area contributed by atoms with Gasteiger partial charge < -0.3 is 5.32 Å². The molecule has 5 nitrogen and oxygen atoms in total. The number of amides is 1. The molecule has 1 aromatic rings. The summed E-state index contributed by atoms with van der Waals surface area (Å²) in [7, 11) is -3.97. The first-order valence-electron chi connectivity index (χ1n) is 6.36. The first kappa shape index (κ1) is 14.9. The van der Waals surface area contributed by atoms with E-state index >= 15 is 0 Å². The number of carbonyl (C=O) groups excluding carboxylic acids is 1. The number of sulfonamides is 1. The van der Waals surface area contributed by atoms with Crippen molar-refractivity contribution < 1.29 is 17.6 Å². The topological polar surface area (TPSA) is 89.3 Å². The van der Waals surface area contributed by atoms with Crippen LogP contribution in [0.2, 0.25) is 0 Å². The van der Waals surface area contributed by atoms with E-state index in [1.54, 1.807) is 0 Å². The second-order valence-corrected chi connectivity index (χ2v) is 6.97. The van der Waals surface area contributed by atoms with Crippen molar-refractivity contribution in [1.82, 2.24) is 5.32 Å². The molecule has 110 valence electrons. The lowest BCUT2D eigenvalue weighted by molar-refractivity contribution is 0.0904. The van der Waals surface area contributed by atoms with Crippen LogP contribution in [0.5, 0.6) is 0 Å². The summed E-state index contributed by atoms with van der Waals surface area (Å²) >= 11 is 0. The molecule has 1 amide bonds. The maximum absolute atomic E-state index is 13.8. The second-order valence-electron chi connectivity index (χ2n) is 5.41. The third-order valence-electron chi connectivity index (χ3n) is 3.64. The van der Waals surface area contributed by atoms with Gasteiger partial charge in [0.1, 0.15) is 5.82 Å². The molecular formula is C13H17FN2O3S. The van der Waals surface area contributed by atoms with Gasteiger partial charge in [-0.2, -0.15) is 0 Å². The molecule has 0 unspecified atom stereocenters. The van der Waals surface area contributed by atoms with Crippen molar-refractivity contribution in [1.29, 1.82) is 0 Å². The van der Waals surface area contributed by atoms with Crippen molar-refractivity contribution in [2.45, 2.75) is 43.0 Å². The highest BCUT2D eigenvalue weighted by atomic mass is 32.2.